The van der Waals surface area contributed by atoms with Gasteiger partial charge < -0.3 is 4.74 Å². The highest BCUT2D eigenvalue weighted by Gasteiger charge is 2.61. The van der Waals surface area contributed by atoms with E-state index in [1.54, 1.807) is 0 Å². The van der Waals surface area contributed by atoms with Crippen LogP contribution in [-0.4, -0.2) is 51.9 Å². The predicted molar refractivity (Wildman–Crippen MR) is 158 cm³/mol. The summed E-state index contributed by atoms with van der Waals surface area (Å²) in [5, 5.41) is 12.6. The predicted octanol–water partition coefficient (Wildman–Crippen LogP) is 6.35. The van der Waals surface area contributed by atoms with Gasteiger partial charge in [0.15, 0.2) is 21.5 Å². The van der Waals surface area contributed by atoms with E-state index in [0.717, 1.165) is 22.2 Å². The number of sulfone groups is 1. The van der Waals surface area contributed by atoms with E-state index in [1.807, 2.05) is 60.7 Å². The van der Waals surface area contributed by atoms with E-state index in [-0.39, 0.29) is 23.6 Å². The van der Waals surface area contributed by atoms with Crippen LogP contribution in [0.5, 0.6) is 0 Å². The van der Waals surface area contributed by atoms with Crippen molar-refractivity contribution in [2.24, 2.45) is 0 Å². The molecule has 250 valence electrons. The van der Waals surface area contributed by atoms with E-state index in [9.17, 15) is 34.8 Å². The molecule has 2 aliphatic rings. The molecule has 2 fully saturated rings. The Morgan fingerprint density at radius 3 is 2.09 bits per heavy atom. The first-order valence-corrected chi connectivity index (χ1v) is 16.9. The number of hydrogen-bond donors (Lipinski definition) is 0. The van der Waals surface area contributed by atoms with Gasteiger partial charge in [0.2, 0.25) is 0 Å². The van der Waals surface area contributed by atoms with Crippen molar-refractivity contribution in [3.8, 4) is 0 Å². The third kappa shape index (κ3) is 6.92. The lowest BCUT2D eigenvalue weighted by molar-refractivity contribution is -0.143. The average molecular weight is 680 g/mol. The summed E-state index contributed by atoms with van der Waals surface area (Å²) in [7, 11) is -3.45. The molecule has 4 unspecified atom stereocenters. The lowest BCUT2D eigenvalue weighted by atomic mass is 9.78. The van der Waals surface area contributed by atoms with E-state index < -0.39 is 57.4 Å². The smallest absolute Gasteiger partial charge is 0.371 e. The normalized spacial score (nSPS) is 23.7. The van der Waals surface area contributed by atoms with E-state index in [0.29, 0.717) is 43.8 Å². The lowest BCUT2D eigenvalue weighted by Crippen LogP contribution is -2.56. The van der Waals surface area contributed by atoms with Gasteiger partial charge in [0.25, 0.3) is 0 Å². The molecule has 0 amide bonds. The van der Waals surface area contributed by atoms with Crippen LogP contribution >= 0.6 is 0 Å². The Hall–Kier alpha value is -3.82. The van der Waals surface area contributed by atoms with Crippen LogP contribution in [0, 0.1) is 0 Å². The quantitative estimate of drug-likeness (QED) is 0.191. The summed E-state index contributed by atoms with van der Waals surface area (Å²) in [6.45, 7) is -0.0282. The molecule has 47 heavy (non-hydrogen) atoms. The van der Waals surface area contributed by atoms with Gasteiger partial charge in [0.1, 0.15) is 0 Å². The third-order valence-corrected chi connectivity index (χ3v) is 9.58. The number of piperidine rings is 1. The number of ether oxygens (including phenoxy) is 1. The number of aromatic nitrogens is 4. The van der Waals surface area contributed by atoms with Gasteiger partial charge in [-0.05, 0) is 59.4 Å². The van der Waals surface area contributed by atoms with Gasteiger partial charge in [-0.15, -0.1) is 15.0 Å². The molecule has 0 spiro atoms. The lowest BCUT2D eigenvalue weighted by Gasteiger charge is -2.50. The van der Waals surface area contributed by atoms with Crippen LogP contribution in [0.25, 0.3) is 0 Å². The summed E-state index contributed by atoms with van der Waals surface area (Å²) < 4.78 is 112. The molecule has 3 aromatic carbocycles. The van der Waals surface area contributed by atoms with Crippen molar-refractivity contribution >= 4 is 9.84 Å². The highest BCUT2D eigenvalue weighted by atomic mass is 32.2. The number of fused-ring (bicyclic) bond motifs is 2. The van der Waals surface area contributed by atoms with Gasteiger partial charge in [-0.2, -0.15) is 26.3 Å². The van der Waals surface area contributed by atoms with Crippen molar-refractivity contribution in [3.05, 3.63) is 113 Å². The highest BCUT2D eigenvalue weighted by Crippen LogP contribution is 2.57. The van der Waals surface area contributed by atoms with Crippen molar-refractivity contribution in [1.82, 2.24) is 25.1 Å². The molecule has 2 aliphatic heterocycles. The Morgan fingerprint density at radius 2 is 1.49 bits per heavy atom. The number of tetrazole rings is 1. The molecule has 0 aliphatic carbocycles. The zero-order chi connectivity index (χ0) is 33.6. The van der Waals surface area contributed by atoms with E-state index in [2.05, 4.69) is 20.3 Å². The molecular weight excluding hydrogens is 648 g/mol. The Labute approximate surface area is 267 Å². The van der Waals surface area contributed by atoms with Gasteiger partial charge in [0.05, 0.1) is 29.4 Å². The van der Waals surface area contributed by atoms with Crippen LogP contribution in [0.1, 0.15) is 58.8 Å². The first-order valence-electron chi connectivity index (χ1n) is 14.8. The molecule has 6 rings (SSSR count). The average Bonchev–Trinajstić information content (AvgIpc) is 3.54. The van der Waals surface area contributed by atoms with Gasteiger partial charge in [-0.3, -0.25) is 4.90 Å². The summed E-state index contributed by atoms with van der Waals surface area (Å²) in [5.41, 5.74) is -2.09. The number of nitrogens with zero attached hydrogens (tertiary/aromatic N) is 5. The van der Waals surface area contributed by atoms with Crippen molar-refractivity contribution < 1.29 is 39.5 Å². The Bertz CT molecular complexity index is 1790. The number of halogens is 6. The maximum Gasteiger partial charge on any atom is 0.416 e. The molecule has 0 saturated carbocycles. The summed E-state index contributed by atoms with van der Waals surface area (Å²) in [6, 6.07) is 20.4. The molecule has 4 aromatic rings. The Morgan fingerprint density at radius 1 is 0.872 bits per heavy atom. The van der Waals surface area contributed by atoms with E-state index >= 15 is 0 Å². The summed E-state index contributed by atoms with van der Waals surface area (Å²) in [5.74, 6) is -0.425. The molecule has 3 heterocycles. The van der Waals surface area contributed by atoms with Crippen LogP contribution in [0.3, 0.4) is 0 Å². The first kappa shape index (κ1) is 33.1. The van der Waals surface area contributed by atoms with Crippen LogP contribution < -0.4 is 0 Å². The number of rotatable bonds is 9. The van der Waals surface area contributed by atoms with Crippen LogP contribution in [-0.2, 0) is 51.5 Å². The molecule has 4 atom stereocenters. The van der Waals surface area contributed by atoms with Crippen LogP contribution in [0.4, 0.5) is 26.3 Å². The van der Waals surface area contributed by atoms with Crippen molar-refractivity contribution in [2.75, 3.05) is 6.26 Å². The Kier molecular flexibility index (Phi) is 8.68. The topological polar surface area (TPSA) is 90.2 Å². The number of hydrogen-bond acceptors (Lipinski definition) is 7. The maximum atomic E-state index is 13.6. The molecule has 0 radical (unpaired) electrons. The van der Waals surface area contributed by atoms with Crippen LogP contribution in [0.2, 0.25) is 0 Å². The molecule has 2 saturated heterocycles. The molecule has 1 aromatic heterocycles. The van der Waals surface area contributed by atoms with Gasteiger partial charge in [0, 0.05) is 24.8 Å². The monoisotopic (exact) mass is 679 g/mol. The minimum absolute atomic E-state index is 0.104. The van der Waals surface area contributed by atoms with Crippen molar-refractivity contribution in [2.45, 2.75) is 74.2 Å². The minimum atomic E-state index is -4.98. The Balaban J connectivity index is 1.41. The molecule has 0 N–H and O–H groups in total. The standard InChI is InChI=1S/C32H31F6N5O3S/c1-47(44,45)20-43-40-29(39-41-43)26-17-30(23-10-6-3-7-11-23)28(13-12-27(26)42(30)18-21-8-4-2-5-9-21)46-19-22-14-24(31(33,34)35)16-25(15-22)32(36,37)38/h2-11,14-16,26-28H,12-13,17-20H2,1H3. The number of alkyl halides is 6. The van der Waals surface area contributed by atoms with Gasteiger partial charge >= 0.3 is 12.4 Å². The molecule has 8 nitrogen and oxygen atoms in total. The van der Waals surface area contributed by atoms with Gasteiger partial charge in [-0.1, -0.05) is 60.7 Å². The first-order chi connectivity index (χ1) is 22.1. The fourth-order valence-corrected chi connectivity index (χ4v) is 7.55. The zero-order valence-corrected chi connectivity index (χ0v) is 25.9. The molecular formula is C32H31F6N5O3S. The fourth-order valence-electron chi connectivity index (χ4n) is 7.02. The second-order valence-corrected chi connectivity index (χ2v) is 14.3. The van der Waals surface area contributed by atoms with E-state index in [4.69, 9.17) is 4.74 Å². The summed E-state index contributed by atoms with van der Waals surface area (Å²) >= 11 is 0. The third-order valence-electron chi connectivity index (χ3n) is 8.88. The van der Waals surface area contributed by atoms with E-state index in [1.165, 1.54) is 0 Å². The summed E-state index contributed by atoms with van der Waals surface area (Å²) in [6.07, 6.45) is -8.16. The zero-order valence-electron chi connectivity index (χ0n) is 25.1. The largest absolute Gasteiger partial charge is 0.416 e. The SMILES string of the molecule is CS(=O)(=O)Cn1nnc(C2CC3(c4ccccc4)C(OCc4cc(C(F)(F)F)cc(C(F)(F)F)c4)CCC2N3Cc2ccccc2)n1. The number of benzene rings is 3. The maximum absolute atomic E-state index is 13.6. The van der Waals surface area contributed by atoms with Crippen molar-refractivity contribution in [3.63, 3.8) is 0 Å². The minimum Gasteiger partial charge on any atom is -0.371 e. The second-order valence-electron chi connectivity index (χ2n) is 12.1. The summed E-state index contributed by atoms with van der Waals surface area (Å²) in [4.78, 5) is 3.30. The van der Waals surface area contributed by atoms with Gasteiger partial charge in [-0.25, -0.2) is 8.42 Å². The second kappa shape index (κ2) is 12.3. The fraction of sp³-hybridized carbons (Fsp3) is 0.406. The molecule has 15 heteroatoms. The highest BCUT2D eigenvalue weighted by molar-refractivity contribution is 7.89. The van der Waals surface area contributed by atoms with Crippen LogP contribution in [0.15, 0.2) is 78.9 Å². The van der Waals surface area contributed by atoms with Crippen molar-refractivity contribution in [1.29, 1.82) is 0 Å². The molecule has 2 bridgehead atoms.